The summed E-state index contributed by atoms with van der Waals surface area (Å²) < 4.78 is 5.35. The third-order valence-corrected chi connectivity index (χ3v) is 4.50. The summed E-state index contributed by atoms with van der Waals surface area (Å²) in [6.07, 6.45) is 1.63. The topological polar surface area (TPSA) is 67.2 Å². The number of furan rings is 1. The molecule has 0 aliphatic rings. The van der Waals surface area contributed by atoms with Crippen molar-refractivity contribution >= 4 is 17.4 Å². The third-order valence-electron chi connectivity index (χ3n) is 3.33. The van der Waals surface area contributed by atoms with Gasteiger partial charge in [-0.2, -0.15) is 0 Å². The number of aryl methyl sites for hydroxylation is 1. The number of hydrogen-bond acceptors (Lipinski definition) is 4. The van der Waals surface area contributed by atoms with Gasteiger partial charge in [-0.05, 0) is 24.6 Å². The summed E-state index contributed by atoms with van der Waals surface area (Å²) in [6.45, 7) is 2.89. The molecule has 3 aromatic rings. The number of carbonyl (C=O) groups excluding carboxylic acids is 1. The Kier molecular flexibility index (Phi) is 4.73. The van der Waals surface area contributed by atoms with Crippen molar-refractivity contribution in [3.8, 4) is 10.8 Å². The number of urea groups is 1. The third kappa shape index (κ3) is 3.98. The zero-order chi connectivity index (χ0) is 16.1. The Morgan fingerprint density at radius 2 is 1.91 bits per heavy atom. The maximum atomic E-state index is 11.9. The van der Waals surface area contributed by atoms with Crippen molar-refractivity contribution in [1.29, 1.82) is 0 Å². The molecule has 0 spiro atoms. The van der Waals surface area contributed by atoms with Crippen molar-refractivity contribution in [2.24, 2.45) is 0 Å². The van der Waals surface area contributed by atoms with Gasteiger partial charge < -0.3 is 15.1 Å². The van der Waals surface area contributed by atoms with Crippen LogP contribution in [-0.4, -0.2) is 11.0 Å². The summed E-state index contributed by atoms with van der Waals surface area (Å²) in [6, 6.07) is 13.3. The van der Waals surface area contributed by atoms with Crippen LogP contribution >= 0.6 is 11.3 Å². The van der Waals surface area contributed by atoms with Gasteiger partial charge >= 0.3 is 6.03 Å². The molecule has 2 heterocycles. The first-order valence-corrected chi connectivity index (χ1v) is 8.10. The molecule has 118 valence electrons. The summed E-state index contributed by atoms with van der Waals surface area (Å²) in [5.74, 6) is 0.748. The van der Waals surface area contributed by atoms with Crippen LogP contribution in [0.5, 0.6) is 0 Å². The van der Waals surface area contributed by atoms with Crippen LogP contribution in [0, 0.1) is 6.92 Å². The molecule has 1 aromatic carbocycles. The first-order chi connectivity index (χ1) is 11.2. The Balaban J connectivity index is 1.53. The molecule has 0 saturated heterocycles. The van der Waals surface area contributed by atoms with Crippen LogP contribution in [0.3, 0.4) is 0 Å². The first-order valence-electron chi connectivity index (χ1n) is 7.28. The van der Waals surface area contributed by atoms with E-state index in [4.69, 9.17) is 4.42 Å². The lowest BCUT2D eigenvalue weighted by Crippen LogP contribution is -2.34. The molecule has 0 fully saturated rings. The highest BCUT2D eigenvalue weighted by molar-refractivity contribution is 7.15. The van der Waals surface area contributed by atoms with Gasteiger partial charge in [-0.1, -0.05) is 30.3 Å². The van der Waals surface area contributed by atoms with E-state index in [1.165, 1.54) is 11.3 Å². The highest BCUT2D eigenvalue weighted by Gasteiger charge is 2.12. The van der Waals surface area contributed by atoms with Crippen LogP contribution in [0.4, 0.5) is 4.79 Å². The van der Waals surface area contributed by atoms with Crippen LogP contribution in [0.1, 0.15) is 16.1 Å². The highest BCUT2D eigenvalue weighted by atomic mass is 32.1. The second-order valence-corrected chi connectivity index (χ2v) is 6.11. The van der Waals surface area contributed by atoms with Gasteiger partial charge in [-0.15, -0.1) is 11.3 Å². The average Bonchev–Trinajstić information content (AvgIpc) is 3.21. The van der Waals surface area contributed by atoms with Crippen LogP contribution in [0.25, 0.3) is 10.8 Å². The maximum absolute atomic E-state index is 11.9. The lowest BCUT2D eigenvalue weighted by Gasteiger charge is -2.07. The Bertz CT molecular complexity index is 767. The second-order valence-electron chi connectivity index (χ2n) is 5.03. The van der Waals surface area contributed by atoms with E-state index in [0.717, 1.165) is 26.9 Å². The van der Waals surface area contributed by atoms with Gasteiger partial charge in [0.1, 0.15) is 0 Å². The fourth-order valence-electron chi connectivity index (χ4n) is 2.10. The zero-order valence-corrected chi connectivity index (χ0v) is 13.5. The summed E-state index contributed by atoms with van der Waals surface area (Å²) in [4.78, 5) is 17.4. The van der Waals surface area contributed by atoms with Crippen molar-refractivity contribution in [2.75, 3.05) is 0 Å². The van der Waals surface area contributed by atoms with Gasteiger partial charge in [0.15, 0.2) is 10.8 Å². The summed E-state index contributed by atoms with van der Waals surface area (Å²) in [5, 5.41) is 6.52. The van der Waals surface area contributed by atoms with Crippen molar-refractivity contribution in [1.82, 2.24) is 15.6 Å². The minimum absolute atomic E-state index is 0.193. The van der Waals surface area contributed by atoms with Crippen LogP contribution in [0.15, 0.2) is 53.1 Å². The molecule has 0 aliphatic carbocycles. The van der Waals surface area contributed by atoms with Crippen molar-refractivity contribution in [3.63, 3.8) is 0 Å². The number of amides is 2. The molecule has 6 heteroatoms. The lowest BCUT2D eigenvalue weighted by molar-refractivity contribution is 0.240. The molecule has 3 rings (SSSR count). The molecule has 0 aliphatic heterocycles. The number of benzene rings is 1. The van der Waals surface area contributed by atoms with Gasteiger partial charge in [-0.25, -0.2) is 9.78 Å². The van der Waals surface area contributed by atoms with E-state index < -0.39 is 0 Å². The van der Waals surface area contributed by atoms with E-state index >= 15 is 0 Å². The van der Waals surface area contributed by atoms with E-state index in [-0.39, 0.29) is 6.03 Å². The second kappa shape index (κ2) is 7.11. The number of aromatic nitrogens is 1. The smallest absolute Gasteiger partial charge is 0.315 e. The molecule has 0 atom stereocenters. The lowest BCUT2D eigenvalue weighted by atomic mass is 10.2. The number of nitrogens with zero attached hydrogens (tertiary/aromatic N) is 1. The minimum Gasteiger partial charge on any atom is -0.462 e. The summed E-state index contributed by atoms with van der Waals surface area (Å²) in [5.41, 5.74) is 1.97. The molecule has 0 unspecified atom stereocenters. The van der Waals surface area contributed by atoms with Crippen LogP contribution in [0.2, 0.25) is 0 Å². The molecule has 0 radical (unpaired) electrons. The van der Waals surface area contributed by atoms with Gasteiger partial charge in [0.2, 0.25) is 0 Å². The van der Waals surface area contributed by atoms with E-state index in [0.29, 0.717) is 13.1 Å². The number of nitrogens with one attached hydrogen (secondary N) is 2. The van der Waals surface area contributed by atoms with E-state index in [1.54, 1.807) is 6.26 Å². The number of hydrogen-bond donors (Lipinski definition) is 2. The molecule has 2 aromatic heterocycles. The predicted molar refractivity (Wildman–Crippen MR) is 90.1 cm³/mol. The van der Waals surface area contributed by atoms with Crippen LogP contribution in [-0.2, 0) is 13.1 Å². The number of rotatable bonds is 5. The molecule has 2 amide bonds. The van der Waals surface area contributed by atoms with Gasteiger partial charge in [-0.3, -0.25) is 0 Å². The molecule has 2 N–H and O–H groups in total. The van der Waals surface area contributed by atoms with E-state index in [2.05, 4.69) is 15.6 Å². The molecular formula is C17H17N3O2S. The van der Waals surface area contributed by atoms with Crippen molar-refractivity contribution in [3.05, 3.63) is 64.9 Å². The number of thiazole rings is 1. The first kappa shape index (κ1) is 15.3. The van der Waals surface area contributed by atoms with Gasteiger partial charge in [0, 0.05) is 11.4 Å². The van der Waals surface area contributed by atoms with Gasteiger partial charge in [0.25, 0.3) is 0 Å². The van der Waals surface area contributed by atoms with Crippen LogP contribution < -0.4 is 10.6 Å². The van der Waals surface area contributed by atoms with Crippen molar-refractivity contribution in [2.45, 2.75) is 20.0 Å². The quantitative estimate of drug-likeness (QED) is 0.750. The Morgan fingerprint density at radius 3 is 2.65 bits per heavy atom. The largest absolute Gasteiger partial charge is 0.462 e. The van der Waals surface area contributed by atoms with E-state index in [1.807, 2.05) is 49.4 Å². The SMILES string of the molecule is Cc1nc(-c2ccco2)sc1CNC(=O)NCc1ccccc1. The molecule has 23 heavy (non-hydrogen) atoms. The van der Waals surface area contributed by atoms with E-state index in [9.17, 15) is 4.79 Å². The Hall–Kier alpha value is -2.60. The Morgan fingerprint density at radius 1 is 1.13 bits per heavy atom. The minimum atomic E-state index is -0.193. The molecular weight excluding hydrogens is 310 g/mol. The zero-order valence-electron chi connectivity index (χ0n) is 12.7. The Labute approximate surface area is 138 Å². The highest BCUT2D eigenvalue weighted by Crippen LogP contribution is 2.27. The summed E-state index contributed by atoms with van der Waals surface area (Å²) in [7, 11) is 0. The molecule has 5 nitrogen and oxygen atoms in total. The summed E-state index contributed by atoms with van der Waals surface area (Å²) >= 11 is 1.53. The monoisotopic (exact) mass is 327 g/mol. The number of carbonyl (C=O) groups is 1. The average molecular weight is 327 g/mol. The fraction of sp³-hybridized carbons (Fsp3) is 0.176. The van der Waals surface area contributed by atoms with Gasteiger partial charge in [0.05, 0.1) is 18.5 Å². The molecule has 0 saturated carbocycles. The normalized spacial score (nSPS) is 10.5. The predicted octanol–water partition coefficient (Wildman–Crippen LogP) is 3.71. The fourth-order valence-corrected chi connectivity index (χ4v) is 3.07. The maximum Gasteiger partial charge on any atom is 0.315 e. The standard InChI is InChI=1S/C17H17N3O2S/c1-12-15(23-16(20-12)14-8-5-9-22-14)11-19-17(21)18-10-13-6-3-2-4-7-13/h2-9H,10-11H2,1H3,(H2,18,19,21). The molecule has 0 bridgehead atoms. The van der Waals surface area contributed by atoms with Crippen molar-refractivity contribution < 1.29 is 9.21 Å².